The zero-order valence-electron chi connectivity index (χ0n) is 19.8. The van der Waals surface area contributed by atoms with E-state index >= 15 is 0 Å². The predicted molar refractivity (Wildman–Crippen MR) is 131 cm³/mol. The summed E-state index contributed by atoms with van der Waals surface area (Å²) in [7, 11) is 0. The Labute approximate surface area is 186 Å². The second kappa shape index (κ2) is 18.3. The first-order chi connectivity index (χ1) is 14.7. The summed E-state index contributed by atoms with van der Waals surface area (Å²) in [6.45, 7) is 6.70. The van der Waals surface area contributed by atoms with E-state index in [1.54, 1.807) is 12.1 Å². The number of hydrogen-bond acceptors (Lipinski definition) is 2. The van der Waals surface area contributed by atoms with E-state index in [1.165, 1.54) is 108 Å². The Hall–Kier alpha value is -1.51. The summed E-state index contributed by atoms with van der Waals surface area (Å²) in [4.78, 5) is 13.6. The summed E-state index contributed by atoms with van der Waals surface area (Å²) >= 11 is 0. The summed E-state index contributed by atoms with van der Waals surface area (Å²) in [5, 5.41) is 9.16. The van der Waals surface area contributed by atoms with Crippen LogP contribution in [-0.4, -0.2) is 24.2 Å². The van der Waals surface area contributed by atoms with Gasteiger partial charge in [0.1, 0.15) is 0 Å². The quantitative estimate of drug-likeness (QED) is 0.216. The van der Waals surface area contributed by atoms with Crippen LogP contribution in [0.3, 0.4) is 0 Å². The van der Waals surface area contributed by atoms with Crippen molar-refractivity contribution < 1.29 is 9.90 Å². The fraction of sp³-hybridized carbons (Fsp3) is 0.741. The first-order valence-electron chi connectivity index (χ1n) is 12.8. The number of hydrogen-bond donors (Lipinski definition) is 1. The van der Waals surface area contributed by atoms with Crippen LogP contribution in [0.25, 0.3) is 0 Å². The molecule has 0 aromatic heterocycles. The zero-order chi connectivity index (χ0) is 21.9. The van der Waals surface area contributed by atoms with E-state index in [0.29, 0.717) is 5.56 Å². The fourth-order valence-corrected chi connectivity index (χ4v) is 4.06. The Morgan fingerprint density at radius 2 is 1.00 bits per heavy atom. The van der Waals surface area contributed by atoms with Gasteiger partial charge in [-0.05, 0) is 37.1 Å². The van der Waals surface area contributed by atoms with Crippen LogP contribution in [0.15, 0.2) is 24.3 Å². The van der Waals surface area contributed by atoms with Gasteiger partial charge in [-0.2, -0.15) is 0 Å². The average Bonchev–Trinajstić information content (AvgIpc) is 2.76. The molecule has 1 aromatic carbocycles. The predicted octanol–water partition coefficient (Wildman–Crippen LogP) is 8.47. The van der Waals surface area contributed by atoms with E-state index in [2.05, 4.69) is 18.7 Å². The molecule has 0 aliphatic rings. The standard InChI is InChI=1S/C27H47NO2/c1-3-5-7-9-11-13-15-17-23-28(24-18-16-14-12-10-8-6-4-2)26-21-19-25(20-22-26)27(29)30/h19-22H,3-18,23-24H2,1-2H3,(H,29,30). The van der Waals surface area contributed by atoms with Crippen LogP contribution in [0, 0.1) is 0 Å². The first kappa shape index (κ1) is 26.5. The Bertz CT molecular complexity index is 506. The normalized spacial score (nSPS) is 11.0. The molecule has 3 heteroatoms. The summed E-state index contributed by atoms with van der Waals surface area (Å²) in [5.74, 6) is -0.848. The minimum Gasteiger partial charge on any atom is -0.478 e. The van der Waals surface area contributed by atoms with Gasteiger partial charge in [0, 0.05) is 18.8 Å². The lowest BCUT2D eigenvalue weighted by molar-refractivity contribution is 0.0697. The molecule has 0 amide bonds. The molecule has 0 saturated heterocycles. The number of anilines is 1. The Balaban J connectivity index is 2.37. The molecule has 0 saturated carbocycles. The molecule has 1 N–H and O–H groups in total. The Kier molecular flexibility index (Phi) is 16.2. The molecule has 30 heavy (non-hydrogen) atoms. The Morgan fingerprint density at radius 3 is 1.37 bits per heavy atom. The van der Waals surface area contributed by atoms with Crippen molar-refractivity contribution in [1.29, 1.82) is 0 Å². The van der Waals surface area contributed by atoms with Crippen molar-refractivity contribution in [1.82, 2.24) is 0 Å². The maximum atomic E-state index is 11.1. The largest absolute Gasteiger partial charge is 0.478 e. The molecule has 172 valence electrons. The van der Waals surface area contributed by atoms with Gasteiger partial charge in [-0.1, -0.05) is 104 Å². The third kappa shape index (κ3) is 12.9. The van der Waals surface area contributed by atoms with Crippen LogP contribution in [0.1, 0.15) is 127 Å². The molecule has 0 aliphatic carbocycles. The number of benzene rings is 1. The molecule has 1 rings (SSSR count). The molecule has 1 aromatic rings. The van der Waals surface area contributed by atoms with Crippen molar-refractivity contribution in [3.63, 3.8) is 0 Å². The monoisotopic (exact) mass is 417 g/mol. The highest BCUT2D eigenvalue weighted by molar-refractivity contribution is 5.88. The molecule has 0 spiro atoms. The molecule has 3 nitrogen and oxygen atoms in total. The van der Waals surface area contributed by atoms with E-state index in [1.807, 2.05) is 12.1 Å². The van der Waals surface area contributed by atoms with Crippen LogP contribution in [0.4, 0.5) is 5.69 Å². The number of carboxylic acids is 1. The van der Waals surface area contributed by atoms with Crippen molar-refractivity contribution in [2.24, 2.45) is 0 Å². The Morgan fingerprint density at radius 1 is 0.633 bits per heavy atom. The summed E-state index contributed by atoms with van der Waals surface area (Å²) in [6.07, 6.45) is 21.4. The number of unbranched alkanes of at least 4 members (excludes halogenated alkanes) is 14. The van der Waals surface area contributed by atoms with Crippen molar-refractivity contribution >= 4 is 11.7 Å². The van der Waals surface area contributed by atoms with Gasteiger partial charge < -0.3 is 10.0 Å². The maximum Gasteiger partial charge on any atom is 0.335 e. The molecule has 0 bridgehead atoms. The van der Waals surface area contributed by atoms with Crippen molar-refractivity contribution in [2.75, 3.05) is 18.0 Å². The van der Waals surface area contributed by atoms with Crippen LogP contribution >= 0.6 is 0 Å². The fourth-order valence-electron chi connectivity index (χ4n) is 4.06. The highest BCUT2D eigenvalue weighted by Crippen LogP contribution is 2.19. The maximum absolute atomic E-state index is 11.1. The molecule has 0 atom stereocenters. The molecular weight excluding hydrogens is 370 g/mol. The molecule has 0 aliphatic heterocycles. The minimum atomic E-state index is -0.848. The summed E-state index contributed by atoms with van der Waals surface area (Å²) in [5.41, 5.74) is 1.55. The molecule has 0 radical (unpaired) electrons. The number of carboxylic acid groups (broad SMARTS) is 1. The summed E-state index contributed by atoms with van der Waals surface area (Å²) < 4.78 is 0. The molecule has 0 unspecified atom stereocenters. The van der Waals surface area contributed by atoms with E-state index < -0.39 is 5.97 Å². The van der Waals surface area contributed by atoms with Gasteiger partial charge >= 0.3 is 5.97 Å². The van der Waals surface area contributed by atoms with E-state index in [0.717, 1.165) is 13.1 Å². The van der Waals surface area contributed by atoms with Crippen molar-refractivity contribution in [3.8, 4) is 0 Å². The average molecular weight is 418 g/mol. The van der Waals surface area contributed by atoms with Crippen LogP contribution in [-0.2, 0) is 0 Å². The van der Waals surface area contributed by atoms with Gasteiger partial charge in [0.25, 0.3) is 0 Å². The second-order valence-corrected chi connectivity index (χ2v) is 8.79. The van der Waals surface area contributed by atoms with Crippen molar-refractivity contribution in [3.05, 3.63) is 29.8 Å². The van der Waals surface area contributed by atoms with Gasteiger partial charge in [0.05, 0.1) is 5.56 Å². The minimum absolute atomic E-state index is 0.373. The smallest absolute Gasteiger partial charge is 0.335 e. The molecule has 0 fully saturated rings. The molecule has 0 heterocycles. The van der Waals surface area contributed by atoms with E-state index in [4.69, 9.17) is 5.11 Å². The SMILES string of the molecule is CCCCCCCCCCN(CCCCCCCCCC)c1ccc(C(=O)O)cc1. The van der Waals surface area contributed by atoms with E-state index in [9.17, 15) is 4.79 Å². The van der Waals surface area contributed by atoms with Crippen LogP contribution < -0.4 is 4.90 Å². The lowest BCUT2D eigenvalue weighted by Crippen LogP contribution is -2.25. The van der Waals surface area contributed by atoms with Crippen molar-refractivity contribution in [2.45, 2.75) is 117 Å². The third-order valence-electron chi connectivity index (χ3n) is 6.04. The highest BCUT2D eigenvalue weighted by Gasteiger charge is 2.08. The topological polar surface area (TPSA) is 40.5 Å². The second-order valence-electron chi connectivity index (χ2n) is 8.79. The first-order valence-corrected chi connectivity index (χ1v) is 12.8. The van der Waals surface area contributed by atoms with Gasteiger partial charge in [-0.3, -0.25) is 0 Å². The van der Waals surface area contributed by atoms with Gasteiger partial charge in [-0.15, -0.1) is 0 Å². The van der Waals surface area contributed by atoms with Crippen LogP contribution in [0.5, 0.6) is 0 Å². The van der Waals surface area contributed by atoms with Crippen LogP contribution in [0.2, 0.25) is 0 Å². The summed E-state index contributed by atoms with van der Waals surface area (Å²) in [6, 6.07) is 7.45. The van der Waals surface area contributed by atoms with Gasteiger partial charge in [-0.25, -0.2) is 4.79 Å². The number of nitrogens with zero attached hydrogens (tertiary/aromatic N) is 1. The van der Waals surface area contributed by atoms with Gasteiger partial charge in [0.15, 0.2) is 0 Å². The number of carbonyl (C=O) groups is 1. The lowest BCUT2D eigenvalue weighted by Gasteiger charge is -2.25. The number of aromatic carboxylic acids is 1. The zero-order valence-corrected chi connectivity index (χ0v) is 19.8. The number of rotatable bonds is 20. The molecular formula is C27H47NO2. The third-order valence-corrected chi connectivity index (χ3v) is 6.04. The highest BCUT2D eigenvalue weighted by atomic mass is 16.4. The van der Waals surface area contributed by atoms with Gasteiger partial charge in [0.2, 0.25) is 0 Å². The van der Waals surface area contributed by atoms with E-state index in [-0.39, 0.29) is 0 Å². The lowest BCUT2D eigenvalue weighted by atomic mass is 10.1.